The average Bonchev–Trinajstić information content (AvgIpc) is 3.81. The standard InChI is InChI=1S/C52H37N3O/c1-5-13-34(14-6-1)38-21-25-42-43-26-22-39(35-15-7-2-8-16-35)30-49(43)55(48(42)29-38)41-24-28-50-45(32-41)44-27-23-40(31-51(44)56-50)47-33-46(36-17-9-3-10-18-36)53-52(54-47)37-19-11-4-12-20-37/h1-32,47,52,54H,33H2. The molecule has 0 saturated carbocycles. The van der Waals surface area contributed by atoms with Gasteiger partial charge in [-0.25, -0.2) is 0 Å². The summed E-state index contributed by atoms with van der Waals surface area (Å²) in [5.74, 6) is 0. The highest BCUT2D eigenvalue weighted by molar-refractivity contribution is 6.12. The number of aliphatic imine (C=N–C) groups is 1. The van der Waals surface area contributed by atoms with Crippen LogP contribution in [0.2, 0.25) is 0 Å². The zero-order chi connectivity index (χ0) is 37.0. The predicted molar refractivity (Wildman–Crippen MR) is 232 cm³/mol. The maximum Gasteiger partial charge on any atom is 0.135 e. The molecule has 11 rings (SSSR count). The van der Waals surface area contributed by atoms with Gasteiger partial charge in [-0.2, -0.15) is 0 Å². The monoisotopic (exact) mass is 719 g/mol. The van der Waals surface area contributed by atoms with E-state index in [-0.39, 0.29) is 12.2 Å². The summed E-state index contributed by atoms with van der Waals surface area (Å²) in [5.41, 5.74) is 14.6. The lowest BCUT2D eigenvalue weighted by atomic mass is 9.93. The van der Waals surface area contributed by atoms with Crippen molar-refractivity contribution < 1.29 is 4.42 Å². The predicted octanol–water partition coefficient (Wildman–Crippen LogP) is 13.2. The second-order valence-corrected chi connectivity index (χ2v) is 14.7. The third kappa shape index (κ3) is 5.62. The first-order valence-corrected chi connectivity index (χ1v) is 19.3. The first-order chi connectivity index (χ1) is 27.7. The maximum atomic E-state index is 6.64. The zero-order valence-electron chi connectivity index (χ0n) is 30.6. The third-order valence-electron chi connectivity index (χ3n) is 11.4. The van der Waals surface area contributed by atoms with E-state index in [1.165, 1.54) is 49.6 Å². The Labute approximate surface area is 325 Å². The lowest BCUT2D eigenvalue weighted by Crippen LogP contribution is -2.33. The highest BCUT2D eigenvalue weighted by Crippen LogP contribution is 2.40. The molecule has 1 aliphatic rings. The van der Waals surface area contributed by atoms with Gasteiger partial charge in [0.15, 0.2) is 0 Å². The first-order valence-electron chi connectivity index (χ1n) is 19.3. The molecule has 0 spiro atoms. The van der Waals surface area contributed by atoms with Crippen molar-refractivity contribution in [3.63, 3.8) is 0 Å². The summed E-state index contributed by atoms with van der Waals surface area (Å²) in [6.07, 6.45) is 0.641. The minimum atomic E-state index is -0.143. The van der Waals surface area contributed by atoms with Gasteiger partial charge < -0.3 is 8.98 Å². The van der Waals surface area contributed by atoms with E-state index in [2.05, 4.69) is 204 Å². The fraction of sp³-hybridized carbons (Fsp3) is 0.0577. The highest BCUT2D eigenvalue weighted by Gasteiger charge is 2.27. The molecule has 0 fully saturated rings. The van der Waals surface area contributed by atoms with Crippen LogP contribution in [0, 0.1) is 0 Å². The van der Waals surface area contributed by atoms with E-state index in [9.17, 15) is 0 Å². The summed E-state index contributed by atoms with van der Waals surface area (Å²) >= 11 is 0. The van der Waals surface area contributed by atoms with Gasteiger partial charge in [0, 0.05) is 45.4 Å². The van der Waals surface area contributed by atoms with Gasteiger partial charge in [-0.3, -0.25) is 10.3 Å². The number of fused-ring (bicyclic) bond motifs is 6. The number of rotatable bonds is 6. The van der Waals surface area contributed by atoms with Crippen LogP contribution in [-0.4, -0.2) is 10.3 Å². The molecule has 1 N–H and O–H groups in total. The van der Waals surface area contributed by atoms with Crippen LogP contribution in [0.4, 0.5) is 0 Å². The molecule has 0 radical (unpaired) electrons. The van der Waals surface area contributed by atoms with Gasteiger partial charge in [0.05, 0.1) is 11.0 Å². The molecule has 1 aliphatic heterocycles. The van der Waals surface area contributed by atoms with Gasteiger partial charge in [-0.05, 0) is 75.3 Å². The summed E-state index contributed by atoms with van der Waals surface area (Å²) in [6.45, 7) is 0. The molecule has 0 saturated heterocycles. The van der Waals surface area contributed by atoms with Crippen molar-refractivity contribution in [1.29, 1.82) is 0 Å². The van der Waals surface area contributed by atoms with Crippen molar-refractivity contribution >= 4 is 49.5 Å². The number of aromatic nitrogens is 1. The van der Waals surface area contributed by atoms with Crippen LogP contribution in [-0.2, 0) is 0 Å². The Kier molecular flexibility index (Phi) is 7.75. The SMILES string of the molecule is c1ccc(C2=NC(c3ccccc3)NC(c3ccc4c(c3)oc3ccc(-n5c6cc(-c7ccccc7)ccc6c6ccc(-c7ccccc7)cc65)cc34)C2)cc1. The number of hydrogen-bond donors (Lipinski definition) is 1. The van der Waals surface area contributed by atoms with E-state index < -0.39 is 0 Å². The van der Waals surface area contributed by atoms with Gasteiger partial charge in [0.1, 0.15) is 17.3 Å². The van der Waals surface area contributed by atoms with E-state index >= 15 is 0 Å². The van der Waals surface area contributed by atoms with Gasteiger partial charge in [-0.15, -0.1) is 0 Å². The Morgan fingerprint density at radius 3 is 1.64 bits per heavy atom. The Hall–Kier alpha value is -7.01. The molecule has 0 aliphatic carbocycles. The molecule has 0 amide bonds. The first kappa shape index (κ1) is 32.4. The Bertz CT molecular complexity index is 2980. The molecule has 4 nitrogen and oxygen atoms in total. The van der Waals surface area contributed by atoms with Crippen LogP contribution in [0.3, 0.4) is 0 Å². The Morgan fingerprint density at radius 2 is 1.02 bits per heavy atom. The van der Waals surface area contributed by atoms with Gasteiger partial charge >= 0.3 is 0 Å². The Balaban J connectivity index is 1.04. The maximum absolute atomic E-state index is 6.64. The summed E-state index contributed by atoms with van der Waals surface area (Å²) in [5, 5.41) is 8.51. The van der Waals surface area contributed by atoms with Crippen LogP contribution in [0.5, 0.6) is 0 Å². The summed E-state index contributed by atoms with van der Waals surface area (Å²) in [4.78, 5) is 5.20. The average molecular weight is 720 g/mol. The molecule has 8 aromatic carbocycles. The van der Waals surface area contributed by atoms with E-state index in [1.54, 1.807) is 0 Å². The molecule has 10 aromatic rings. The van der Waals surface area contributed by atoms with Crippen molar-refractivity contribution in [2.24, 2.45) is 4.99 Å². The smallest absolute Gasteiger partial charge is 0.135 e. The number of furan rings is 1. The van der Waals surface area contributed by atoms with Crippen LogP contribution >= 0.6 is 0 Å². The third-order valence-corrected chi connectivity index (χ3v) is 11.4. The van der Waals surface area contributed by atoms with Gasteiger partial charge in [0.25, 0.3) is 0 Å². The van der Waals surface area contributed by atoms with E-state index in [4.69, 9.17) is 9.41 Å². The summed E-state index contributed by atoms with van der Waals surface area (Å²) < 4.78 is 9.07. The molecule has 3 heterocycles. The topological polar surface area (TPSA) is 42.5 Å². The molecule has 2 unspecified atom stereocenters. The summed E-state index contributed by atoms with van der Waals surface area (Å²) in [7, 11) is 0. The number of hydrogen-bond acceptors (Lipinski definition) is 3. The van der Waals surface area contributed by atoms with Gasteiger partial charge in [0.2, 0.25) is 0 Å². The minimum absolute atomic E-state index is 0.0660. The van der Waals surface area contributed by atoms with Crippen LogP contribution in [0.15, 0.2) is 204 Å². The molecule has 56 heavy (non-hydrogen) atoms. The second kappa shape index (κ2) is 13.4. The van der Waals surface area contributed by atoms with Crippen molar-refractivity contribution in [2.75, 3.05) is 0 Å². The van der Waals surface area contributed by atoms with Crippen LogP contribution in [0.1, 0.15) is 35.3 Å². The molecule has 2 atom stereocenters. The van der Waals surface area contributed by atoms with E-state index in [0.29, 0.717) is 0 Å². The normalized spacial score (nSPS) is 15.8. The number of nitrogens with zero attached hydrogens (tertiary/aromatic N) is 2. The van der Waals surface area contributed by atoms with Crippen LogP contribution < -0.4 is 5.32 Å². The van der Waals surface area contributed by atoms with Crippen molar-refractivity contribution in [3.8, 4) is 27.9 Å². The molecule has 4 heteroatoms. The minimum Gasteiger partial charge on any atom is -0.456 e. The molecular weight excluding hydrogens is 683 g/mol. The number of benzene rings is 8. The summed E-state index contributed by atoms with van der Waals surface area (Å²) in [6, 6.07) is 69.5. The molecular formula is C52H37N3O. The second-order valence-electron chi connectivity index (χ2n) is 14.7. The van der Waals surface area contributed by atoms with E-state index in [0.717, 1.165) is 50.9 Å². The molecule has 0 bridgehead atoms. The quantitative estimate of drug-likeness (QED) is 0.186. The molecule has 266 valence electrons. The highest BCUT2D eigenvalue weighted by atomic mass is 16.3. The number of nitrogens with one attached hydrogen (secondary N) is 1. The fourth-order valence-electron chi connectivity index (χ4n) is 8.59. The largest absolute Gasteiger partial charge is 0.456 e. The van der Waals surface area contributed by atoms with Gasteiger partial charge in [-0.1, -0.05) is 158 Å². The molecule has 2 aromatic heterocycles. The van der Waals surface area contributed by atoms with Crippen molar-refractivity contribution in [1.82, 2.24) is 9.88 Å². The zero-order valence-corrected chi connectivity index (χ0v) is 30.6. The lowest BCUT2D eigenvalue weighted by Gasteiger charge is -2.30. The van der Waals surface area contributed by atoms with Crippen molar-refractivity contribution in [3.05, 3.63) is 211 Å². The van der Waals surface area contributed by atoms with Crippen molar-refractivity contribution in [2.45, 2.75) is 18.6 Å². The Morgan fingerprint density at radius 1 is 0.446 bits per heavy atom. The lowest BCUT2D eigenvalue weighted by molar-refractivity contribution is 0.442. The van der Waals surface area contributed by atoms with Crippen LogP contribution in [0.25, 0.3) is 71.7 Å². The van der Waals surface area contributed by atoms with E-state index in [1.807, 2.05) is 0 Å². The fourth-order valence-corrected chi connectivity index (χ4v) is 8.59.